The standard InChI is InChI=1S/C13H15BrFNOS/c1-8-9(2)18-7-6-16(8)13(17)10-4-3-5-11(15)12(10)14/h3-5,8-9H,6-7H2,1-2H3. The molecule has 0 spiro atoms. The van der Waals surface area contributed by atoms with E-state index in [0.29, 0.717) is 10.8 Å². The second-order valence-electron chi connectivity index (χ2n) is 4.42. The third kappa shape index (κ3) is 2.57. The van der Waals surface area contributed by atoms with Gasteiger partial charge in [-0.3, -0.25) is 4.79 Å². The number of carbonyl (C=O) groups is 1. The molecule has 2 rings (SSSR count). The first-order valence-electron chi connectivity index (χ1n) is 5.89. The van der Waals surface area contributed by atoms with Crippen LogP contribution < -0.4 is 0 Å². The molecule has 5 heteroatoms. The Bertz CT molecular complexity index is 468. The van der Waals surface area contributed by atoms with Gasteiger partial charge in [-0.25, -0.2) is 4.39 Å². The van der Waals surface area contributed by atoms with E-state index in [-0.39, 0.29) is 16.4 Å². The number of benzene rings is 1. The van der Waals surface area contributed by atoms with Crippen molar-refractivity contribution in [2.24, 2.45) is 0 Å². The van der Waals surface area contributed by atoms with E-state index >= 15 is 0 Å². The number of hydrogen-bond acceptors (Lipinski definition) is 2. The van der Waals surface area contributed by atoms with E-state index in [2.05, 4.69) is 22.9 Å². The third-order valence-corrected chi connectivity index (χ3v) is 5.47. The van der Waals surface area contributed by atoms with Crippen LogP contribution in [0, 0.1) is 5.82 Å². The molecule has 0 aliphatic carbocycles. The zero-order valence-corrected chi connectivity index (χ0v) is 12.7. The van der Waals surface area contributed by atoms with Crippen molar-refractivity contribution in [1.29, 1.82) is 0 Å². The summed E-state index contributed by atoms with van der Waals surface area (Å²) in [5.41, 5.74) is 0.404. The smallest absolute Gasteiger partial charge is 0.255 e. The molecule has 1 aromatic rings. The molecule has 1 heterocycles. The molecule has 2 unspecified atom stereocenters. The van der Waals surface area contributed by atoms with E-state index in [1.807, 2.05) is 23.6 Å². The maximum absolute atomic E-state index is 13.5. The molecule has 1 fully saturated rings. The largest absolute Gasteiger partial charge is 0.334 e. The first kappa shape index (κ1) is 13.9. The molecule has 1 saturated heterocycles. The van der Waals surface area contributed by atoms with Crippen LogP contribution in [0.4, 0.5) is 4.39 Å². The predicted molar refractivity (Wildman–Crippen MR) is 76.5 cm³/mol. The number of carbonyl (C=O) groups excluding carboxylic acids is 1. The first-order chi connectivity index (χ1) is 8.52. The van der Waals surface area contributed by atoms with Gasteiger partial charge in [0.2, 0.25) is 0 Å². The maximum Gasteiger partial charge on any atom is 0.255 e. The molecule has 18 heavy (non-hydrogen) atoms. The van der Waals surface area contributed by atoms with Crippen LogP contribution >= 0.6 is 27.7 Å². The Morgan fingerprint density at radius 3 is 2.94 bits per heavy atom. The number of amides is 1. The Morgan fingerprint density at radius 1 is 1.50 bits per heavy atom. The summed E-state index contributed by atoms with van der Waals surface area (Å²) in [6.45, 7) is 4.88. The molecule has 0 saturated carbocycles. The van der Waals surface area contributed by atoms with Gasteiger partial charge in [-0.15, -0.1) is 0 Å². The highest BCUT2D eigenvalue weighted by atomic mass is 79.9. The van der Waals surface area contributed by atoms with Gasteiger partial charge < -0.3 is 4.90 Å². The first-order valence-corrected chi connectivity index (χ1v) is 7.73. The fourth-order valence-electron chi connectivity index (χ4n) is 2.04. The van der Waals surface area contributed by atoms with Gasteiger partial charge in [-0.2, -0.15) is 11.8 Å². The highest BCUT2D eigenvalue weighted by Crippen LogP contribution is 2.28. The summed E-state index contributed by atoms with van der Waals surface area (Å²) in [5, 5.41) is 0.412. The molecule has 1 aliphatic heterocycles. The zero-order chi connectivity index (χ0) is 13.3. The van der Waals surface area contributed by atoms with Crippen LogP contribution in [0.3, 0.4) is 0 Å². The van der Waals surface area contributed by atoms with Crippen molar-refractivity contribution in [3.63, 3.8) is 0 Å². The van der Waals surface area contributed by atoms with Crippen molar-refractivity contribution in [2.75, 3.05) is 12.3 Å². The van der Waals surface area contributed by atoms with Crippen LogP contribution in [-0.4, -0.2) is 34.4 Å². The molecule has 0 N–H and O–H groups in total. The van der Waals surface area contributed by atoms with E-state index in [9.17, 15) is 9.18 Å². The lowest BCUT2D eigenvalue weighted by molar-refractivity contribution is 0.0696. The van der Waals surface area contributed by atoms with Gasteiger partial charge in [-0.1, -0.05) is 13.0 Å². The Morgan fingerprint density at radius 2 is 2.22 bits per heavy atom. The SMILES string of the molecule is CC1SCCN(C(=O)c2cccc(F)c2Br)C1C. The van der Waals surface area contributed by atoms with E-state index in [1.165, 1.54) is 6.07 Å². The van der Waals surface area contributed by atoms with Crippen LogP contribution in [0.15, 0.2) is 22.7 Å². The molecule has 2 atom stereocenters. The molecular weight excluding hydrogens is 317 g/mol. The predicted octanol–water partition coefficient (Wildman–Crippen LogP) is 3.55. The third-order valence-electron chi connectivity index (χ3n) is 3.33. The van der Waals surface area contributed by atoms with Crippen molar-refractivity contribution in [2.45, 2.75) is 25.1 Å². The molecule has 0 bridgehead atoms. The minimum atomic E-state index is -0.395. The minimum Gasteiger partial charge on any atom is -0.334 e. The van der Waals surface area contributed by atoms with Crippen molar-refractivity contribution in [3.05, 3.63) is 34.1 Å². The lowest BCUT2D eigenvalue weighted by atomic mass is 10.1. The zero-order valence-electron chi connectivity index (χ0n) is 10.3. The van der Waals surface area contributed by atoms with Crippen LogP contribution in [-0.2, 0) is 0 Å². The average molecular weight is 332 g/mol. The molecule has 98 valence electrons. The normalized spacial score (nSPS) is 24.1. The number of halogens is 2. The molecule has 1 aliphatic rings. The van der Waals surface area contributed by atoms with Gasteiger partial charge in [0.15, 0.2) is 0 Å². The summed E-state index contributed by atoms with van der Waals surface area (Å²) >= 11 is 5.02. The van der Waals surface area contributed by atoms with E-state index in [4.69, 9.17) is 0 Å². The Hall–Kier alpha value is -0.550. The summed E-state index contributed by atoms with van der Waals surface area (Å²) in [4.78, 5) is 14.3. The molecule has 1 aromatic carbocycles. The monoisotopic (exact) mass is 331 g/mol. The van der Waals surface area contributed by atoms with Crippen LogP contribution in [0.5, 0.6) is 0 Å². The summed E-state index contributed by atoms with van der Waals surface area (Å²) < 4.78 is 13.7. The summed E-state index contributed by atoms with van der Waals surface area (Å²) in [7, 11) is 0. The summed E-state index contributed by atoms with van der Waals surface area (Å²) in [5.74, 6) is 0.443. The van der Waals surface area contributed by atoms with Crippen molar-refractivity contribution >= 4 is 33.6 Å². The van der Waals surface area contributed by atoms with Gasteiger partial charge in [-0.05, 0) is 35.0 Å². The van der Waals surface area contributed by atoms with Gasteiger partial charge in [0.1, 0.15) is 5.82 Å². The highest BCUT2D eigenvalue weighted by molar-refractivity contribution is 9.10. The maximum atomic E-state index is 13.5. The van der Waals surface area contributed by atoms with Crippen molar-refractivity contribution < 1.29 is 9.18 Å². The van der Waals surface area contributed by atoms with Crippen molar-refractivity contribution in [3.8, 4) is 0 Å². The van der Waals surface area contributed by atoms with Crippen LogP contribution in [0.25, 0.3) is 0 Å². The Labute approximate surface area is 119 Å². The van der Waals surface area contributed by atoms with E-state index in [0.717, 1.165) is 12.3 Å². The van der Waals surface area contributed by atoms with Gasteiger partial charge in [0, 0.05) is 23.6 Å². The average Bonchev–Trinajstić information content (AvgIpc) is 2.35. The second kappa shape index (κ2) is 5.61. The fraction of sp³-hybridized carbons (Fsp3) is 0.462. The molecular formula is C13H15BrFNOS. The summed E-state index contributed by atoms with van der Waals surface area (Å²) in [6, 6.07) is 4.75. The minimum absolute atomic E-state index is 0.0963. The van der Waals surface area contributed by atoms with Gasteiger partial charge in [0.05, 0.1) is 10.0 Å². The summed E-state index contributed by atoms with van der Waals surface area (Å²) in [6.07, 6.45) is 0. The van der Waals surface area contributed by atoms with Crippen molar-refractivity contribution in [1.82, 2.24) is 4.90 Å². The lowest BCUT2D eigenvalue weighted by Gasteiger charge is -2.37. The van der Waals surface area contributed by atoms with Gasteiger partial charge in [0.25, 0.3) is 5.91 Å². The highest BCUT2D eigenvalue weighted by Gasteiger charge is 2.30. The molecule has 1 amide bonds. The second-order valence-corrected chi connectivity index (χ2v) is 6.69. The quantitative estimate of drug-likeness (QED) is 0.784. The molecule has 2 nitrogen and oxygen atoms in total. The number of nitrogens with zero attached hydrogens (tertiary/aromatic N) is 1. The Kier molecular flexibility index (Phi) is 4.33. The molecule has 0 aromatic heterocycles. The van der Waals surface area contributed by atoms with E-state index < -0.39 is 5.82 Å². The van der Waals surface area contributed by atoms with Gasteiger partial charge >= 0.3 is 0 Å². The number of hydrogen-bond donors (Lipinski definition) is 0. The number of thioether (sulfide) groups is 1. The number of rotatable bonds is 1. The van der Waals surface area contributed by atoms with E-state index in [1.54, 1.807) is 12.1 Å². The lowest BCUT2D eigenvalue weighted by Crippen LogP contribution is -2.48. The molecule has 0 radical (unpaired) electrons. The Balaban J connectivity index is 2.28. The van der Waals surface area contributed by atoms with Crippen LogP contribution in [0.2, 0.25) is 0 Å². The van der Waals surface area contributed by atoms with Crippen LogP contribution in [0.1, 0.15) is 24.2 Å². The fourth-order valence-corrected chi connectivity index (χ4v) is 3.58. The topological polar surface area (TPSA) is 20.3 Å².